The molecular weight excluding hydrogens is 292 g/mol. The van der Waals surface area contributed by atoms with Crippen molar-refractivity contribution in [2.45, 2.75) is 45.3 Å². The Morgan fingerprint density at radius 1 is 1.52 bits per heavy atom. The first-order chi connectivity index (χ1) is 11.1. The summed E-state index contributed by atoms with van der Waals surface area (Å²) in [5.74, 6) is 0.00225. The quantitative estimate of drug-likeness (QED) is 0.726. The zero-order valence-electron chi connectivity index (χ0n) is 13.8. The molecule has 1 heterocycles. The number of nitrogens with zero attached hydrogens (tertiary/aromatic N) is 2. The van der Waals surface area contributed by atoms with Crippen LogP contribution < -0.4 is 4.90 Å². The van der Waals surface area contributed by atoms with Gasteiger partial charge >= 0.3 is 0 Å². The average molecular weight is 316 g/mol. The molecule has 0 bridgehead atoms. The number of ether oxygens (including phenoxy) is 2. The van der Waals surface area contributed by atoms with Gasteiger partial charge < -0.3 is 14.4 Å². The lowest BCUT2D eigenvalue weighted by molar-refractivity contribution is -0.120. The van der Waals surface area contributed by atoms with Crippen molar-refractivity contribution in [1.29, 1.82) is 5.26 Å². The molecule has 1 aromatic rings. The second kappa shape index (κ2) is 8.66. The van der Waals surface area contributed by atoms with Gasteiger partial charge in [-0.1, -0.05) is 6.07 Å². The number of anilines is 1. The highest BCUT2D eigenvalue weighted by atomic mass is 16.5. The monoisotopic (exact) mass is 316 g/mol. The summed E-state index contributed by atoms with van der Waals surface area (Å²) in [6, 6.07) is 9.25. The van der Waals surface area contributed by atoms with Crippen LogP contribution in [0.5, 0.6) is 0 Å². The fourth-order valence-electron chi connectivity index (χ4n) is 2.73. The lowest BCUT2D eigenvalue weighted by Gasteiger charge is -2.27. The van der Waals surface area contributed by atoms with E-state index in [-0.39, 0.29) is 18.1 Å². The van der Waals surface area contributed by atoms with Crippen LogP contribution in [0.3, 0.4) is 0 Å². The summed E-state index contributed by atoms with van der Waals surface area (Å²) in [6.45, 7) is 5.68. The molecule has 1 aliphatic rings. The van der Waals surface area contributed by atoms with E-state index < -0.39 is 0 Å². The molecule has 0 radical (unpaired) electrons. The molecular formula is C18H24N2O3. The minimum absolute atomic E-state index is 0.00225. The minimum atomic E-state index is 0.00225. The highest BCUT2D eigenvalue weighted by Crippen LogP contribution is 2.20. The molecule has 1 fully saturated rings. The number of amides is 1. The van der Waals surface area contributed by atoms with E-state index in [9.17, 15) is 4.79 Å². The van der Waals surface area contributed by atoms with Crippen molar-refractivity contribution in [3.05, 3.63) is 29.8 Å². The summed E-state index contributed by atoms with van der Waals surface area (Å²) < 4.78 is 11.1. The Kier molecular flexibility index (Phi) is 6.57. The van der Waals surface area contributed by atoms with Crippen molar-refractivity contribution in [3.8, 4) is 6.07 Å². The van der Waals surface area contributed by atoms with Crippen LogP contribution in [0.2, 0.25) is 0 Å². The van der Waals surface area contributed by atoms with Crippen molar-refractivity contribution in [2.24, 2.45) is 0 Å². The molecule has 5 heteroatoms. The number of nitriles is 1. The molecule has 0 aromatic heterocycles. The van der Waals surface area contributed by atoms with Crippen LogP contribution in [0.4, 0.5) is 5.69 Å². The summed E-state index contributed by atoms with van der Waals surface area (Å²) in [4.78, 5) is 14.2. The lowest BCUT2D eigenvalue weighted by Crippen LogP contribution is -2.37. The topological polar surface area (TPSA) is 62.6 Å². The van der Waals surface area contributed by atoms with E-state index in [1.165, 1.54) is 0 Å². The lowest BCUT2D eigenvalue weighted by atomic mass is 10.1. The fraction of sp³-hybridized carbons (Fsp3) is 0.556. The Labute approximate surface area is 137 Å². The fourth-order valence-corrected chi connectivity index (χ4v) is 2.73. The predicted octanol–water partition coefficient (Wildman–Crippen LogP) is 2.89. The van der Waals surface area contributed by atoms with Crippen molar-refractivity contribution >= 4 is 11.6 Å². The third kappa shape index (κ3) is 5.05. The van der Waals surface area contributed by atoms with Crippen LogP contribution in [0.1, 0.15) is 38.7 Å². The number of rotatable bonds is 7. The van der Waals surface area contributed by atoms with Gasteiger partial charge in [-0.05, 0) is 44.9 Å². The van der Waals surface area contributed by atoms with E-state index in [0.29, 0.717) is 25.2 Å². The van der Waals surface area contributed by atoms with Crippen LogP contribution in [0.25, 0.3) is 0 Å². The highest BCUT2D eigenvalue weighted by Gasteiger charge is 2.20. The third-order valence-corrected chi connectivity index (χ3v) is 3.83. The Hall–Kier alpha value is -1.90. The SMILES string of the molecule is CC(C)N(C(=O)CCOCC1CCCO1)c1cccc(C#N)c1. The van der Waals surface area contributed by atoms with Crippen molar-refractivity contribution in [2.75, 3.05) is 24.7 Å². The van der Waals surface area contributed by atoms with E-state index in [1.54, 1.807) is 23.1 Å². The molecule has 0 N–H and O–H groups in total. The van der Waals surface area contributed by atoms with Crippen molar-refractivity contribution < 1.29 is 14.3 Å². The Morgan fingerprint density at radius 2 is 2.35 bits per heavy atom. The first-order valence-electron chi connectivity index (χ1n) is 8.13. The minimum Gasteiger partial charge on any atom is -0.378 e. The molecule has 0 aliphatic carbocycles. The van der Waals surface area contributed by atoms with E-state index in [1.807, 2.05) is 19.9 Å². The molecule has 1 aromatic carbocycles. The van der Waals surface area contributed by atoms with Gasteiger partial charge in [-0.2, -0.15) is 5.26 Å². The predicted molar refractivity (Wildman–Crippen MR) is 88.2 cm³/mol. The summed E-state index contributed by atoms with van der Waals surface area (Å²) >= 11 is 0. The van der Waals surface area contributed by atoms with Gasteiger partial charge in [-0.3, -0.25) is 4.79 Å². The molecule has 5 nitrogen and oxygen atoms in total. The summed E-state index contributed by atoms with van der Waals surface area (Å²) in [6.07, 6.45) is 2.62. The van der Waals surface area contributed by atoms with Crippen LogP contribution in [0, 0.1) is 11.3 Å². The molecule has 23 heavy (non-hydrogen) atoms. The van der Waals surface area contributed by atoms with E-state index in [2.05, 4.69) is 6.07 Å². The number of benzene rings is 1. The first-order valence-corrected chi connectivity index (χ1v) is 8.13. The summed E-state index contributed by atoms with van der Waals surface area (Å²) in [7, 11) is 0. The van der Waals surface area contributed by atoms with Gasteiger partial charge in [-0.25, -0.2) is 0 Å². The van der Waals surface area contributed by atoms with Gasteiger partial charge in [0.25, 0.3) is 0 Å². The zero-order valence-corrected chi connectivity index (χ0v) is 13.8. The molecule has 1 aliphatic heterocycles. The smallest absolute Gasteiger partial charge is 0.229 e. The maximum Gasteiger partial charge on any atom is 0.229 e. The van der Waals surface area contributed by atoms with Crippen LogP contribution in [-0.4, -0.2) is 37.9 Å². The second-order valence-corrected chi connectivity index (χ2v) is 5.98. The zero-order chi connectivity index (χ0) is 16.7. The molecule has 1 saturated heterocycles. The van der Waals surface area contributed by atoms with Crippen molar-refractivity contribution in [3.63, 3.8) is 0 Å². The van der Waals surface area contributed by atoms with Gasteiger partial charge in [0.05, 0.1) is 37.4 Å². The maximum absolute atomic E-state index is 12.5. The number of carbonyl (C=O) groups is 1. The second-order valence-electron chi connectivity index (χ2n) is 5.98. The maximum atomic E-state index is 12.5. The van der Waals surface area contributed by atoms with Crippen LogP contribution in [0.15, 0.2) is 24.3 Å². The summed E-state index contributed by atoms with van der Waals surface area (Å²) in [5.41, 5.74) is 1.30. The van der Waals surface area contributed by atoms with Crippen LogP contribution in [-0.2, 0) is 14.3 Å². The first kappa shape index (κ1) is 17.5. The molecule has 2 rings (SSSR count). The summed E-state index contributed by atoms with van der Waals surface area (Å²) in [5, 5.41) is 9.01. The van der Waals surface area contributed by atoms with Gasteiger partial charge in [0, 0.05) is 18.3 Å². The van der Waals surface area contributed by atoms with Crippen LogP contribution >= 0.6 is 0 Å². The van der Waals surface area contributed by atoms with Gasteiger partial charge in [-0.15, -0.1) is 0 Å². The van der Waals surface area contributed by atoms with Gasteiger partial charge in [0.2, 0.25) is 5.91 Å². The largest absolute Gasteiger partial charge is 0.378 e. The van der Waals surface area contributed by atoms with Gasteiger partial charge in [0.15, 0.2) is 0 Å². The average Bonchev–Trinajstić information content (AvgIpc) is 3.05. The van der Waals surface area contributed by atoms with Gasteiger partial charge in [0.1, 0.15) is 0 Å². The molecule has 0 saturated carbocycles. The molecule has 1 atom stereocenters. The van der Waals surface area contributed by atoms with E-state index in [4.69, 9.17) is 14.7 Å². The normalized spacial score (nSPS) is 17.2. The molecule has 124 valence electrons. The van der Waals surface area contributed by atoms with E-state index in [0.717, 1.165) is 25.1 Å². The Morgan fingerprint density at radius 3 is 3.00 bits per heavy atom. The Balaban J connectivity index is 1.89. The Bertz CT molecular complexity index is 560. The number of hydrogen-bond donors (Lipinski definition) is 0. The number of hydrogen-bond acceptors (Lipinski definition) is 4. The highest BCUT2D eigenvalue weighted by molar-refractivity contribution is 5.94. The van der Waals surface area contributed by atoms with Crippen molar-refractivity contribution in [1.82, 2.24) is 0 Å². The standard InChI is InChI=1S/C18H24N2O3/c1-14(2)20(16-6-3-5-15(11-16)12-19)18(21)8-10-22-13-17-7-4-9-23-17/h3,5-6,11,14,17H,4,7-10,13H2,1-2H3. The molecule has 1 unspecified atom stereocenters. The molecule has 0 spiro atoms. The van der Waals surface area contributed by atoms with E-state index >= 15 is 0 Å². The third-order valence-electron chi connectivity index (χ3n) is 3.83. The molecule has 1 amide bonds. The number of carbonyl (C=O) groups excluding carboxylic acids is 1.